The zero-order valence-corrected chi connectivity index (χ0v) is 8.78. The number of carbonyl (C=O) groups is 1. The number of alkyl halides is 2. The molecule has 1 N–H and O–H groups in total. The standard InChI is InChI=1S/C11H9F3O3/c1-6-4-8(12)7(2-3-10(15)16)5-9(6)17-11(13)14/h2-5,11H,1H3,(H,15,16)/b3-2+. The fraction of sp³-hybridized carbons (Fsp3) is 0.182. The van der Waals surface area contributed by atoms with Crippen LogP contribution in [0.3, 0.4) is 0 Å². The monoisotopic (exact) mass is 246 g/mol. The number of hydrogen-bond donors (Lipinski definition) is 1. The average molecular weight is 246 g/mol. The molecule has 1 rings (SSSR count). The molecule has 0 aliphatic rings. The molecule has 0 saturated carbocycles. The highest BCUT2D eigenvalue weighted by molar-refractivity contribution is 5.85. The van der Waals surface area contributed by atoms with E-state index in [4.69, 9.17) is 5.11 Å². The molecule has 0 amide bonds. The highest BCUT2D eigenvalue weighted by Crippen LogP contribution is 2.24. The number of aliphatic carboxylic acids is 1. The molecule has 1 aromatic rings. The van der Waals surface area contributed by atoms with Gasteiger partial charge in [-0.25, -0.2) is 9.18 Å². The van der Waals surface area contributed by atoms with Crippen LogP contribution in [0.15, 0.2) is 18.2 Å². The summed E-state index contributed by atoms with van der Waals surface area (Å²) in [5, 5.41) is 8.37. The molecule has 92 valence electrons. The van der Waals surface area contributed by atoms with Gasteiger partial charge in [-0.1, -0.05) is 0 Å². The van der Waals surface area contributed by atoms with Gasteiger partial charge in [-0.2, -0.15) is 8.78 Å². The summed E-state index contributed by atoms with van der Waals surface area (Å²) in [5.74, 6) is -2.16. The first-order valence-electron chi connectivity index (χ1n) is 4.56. The molecule has 6 heteroatoms. The van der Waals surface area contributed by atoms with Crippen molar-refractivity contribution in [2.75, 3.05) is 0 Å². The highest BCUT2D eigenvalue weighted by Gasteiger charge is 2.10. The summed E-state index contributed by atoms with van der Waals surface area (Å²) >= 11 is 0. The number of carboxylic acid groups (broad SMARTS) is 1. The zero-order chi connectivity index (χ0) is 13.0. The van der Waals surface area contributed by atoms with Crippen LogP contribution in [0.2, 0.25) is 0 Å². The predicted octanol–water partition coefficient (Wildman–Crippen LogP) is 2.83. The largest absolute Gasteiger partial charge is 0.478 e. The van der Waals surface area contributed by atoms with Crippen molar-refractivity contribution in [3.05, 3.63) is 35.2 Å². The maximum atomic E-state index is 13.3. The van der Waals surface area contributed by atoms with E-state index >= 15 is 0 Å². The molecular formula is C11H9F3O3. The molecule has 0 heterocycles. The van der Waals surface area contributed by atoms with Gasteiger partial charge >= 0.3 is 12.6 Å². The Balaban J connectivity index is 3.09. The van der Waals surface area contributed by atoms with Gasteiger partial charge in [0.15, 0.2) is 0 Å². The fourth-order valence-electron chi connectivity index (χ4n) is 1.18. The Labute approximate surface area is 95.1 Å². The summed E-state index contributed by atoms with van der Waals surface area (Å²) < 4.78 is 41.5. The first-order valence-corrected chi connectivity index (χ1v) is 4.56. The van der Waals surface area contributed by atoms with Gasteiger partial charge in [0.05, 0.1) is 0 Å². The van der Waals surface area contributed by atoms with Gasteiger partial charge in [0.1, 0.15) is 11.6 Å². The van der Waals surface area contributed by atoms with Crippen LogP contribution in [0.25, 0.3) is 6.08 Å². The van der Waals surface area contributed by atoms with Gasteiger partial charge in [0.2, 0.25) is 0 Å². The van der Waals surface area contributed by atoms with Crippen molar-refractivity contribution >= 4 is 12.0 Å². The summed E-state index contributed by atoms with van der Waals surface area (Å²) in [5.41, 5.74) is 0.0731. The van der Waals surface area contributed by atoms with Crippen LogP contribution in [0.5, 0.6) is 5.75 Å². The third kappa shape index (κ3) is 3.82. The highest BCUT2D eigenvalue weighted by atomic mass is 19.3. The fourth-order valence-corrected chi connectivity index (χ4v) is 1.18. The number of rotatable bonds is 4. The molecule has 0 radical (unpaired) electrons. The smallest absolute Gasteiger partial charge is 0.387 e. The van der Waals surface area contributed by atoms with Gasteiger partial charge < -0.3 is 9.84 Å². The van der Waals surface area contributed by atoms with Crippen molar-refractivity contribution in [1.29, 1.82) is 0 Å². The molecule has 0 atom stereocenters. The van der Waals surface area contributed by atoms with Gasteiger partial charge in [-0.3, -0.25) is 0 Å². The van der Waals surface area contributed by atoms with Crippen LogP contribution in [0.4, 0.5) is 13.2 Å². The normalized spacial score (nSPS) is 11.1. The van der Waals surface area contributed by atoms with E-state index in [0.717, 1.165) is 18.2 Å². The Morgan fingerprint density at radius 2 is 2.12 bits per heavy atom. The SMILES string of the molecule is Cc1cc(F)c(/C=C/C(=O)O)cc1OC(F)F. The Bertz CT molecular complexity index is 456. The Morgan fingerprint density at radius 1 is 1.47 bits per heavy atom. The predicted molar refractivity (Wildman–Crippen MR) is 54.4 cm³/mol. The maximum absolute atomic E-state index is 13.3. The third-order valence-corrected chi connectivity index (χ3v) is 1.92. The van der Waals surface area contributed by atoms with Crippen molar-refractivity contribution in [3.8, 4) is 5.75 Å². The lowest BCUT2D eigenvalue weighted by Gasteiger charge is -2.09. The van der Waals surface area contributed by atoms with Crippen molar-refractivity contribution in [1.82, 2.24) is 0 Å². The summed E-state index contributed by atoms with van der Waals surface area (Å²) in [6.07, 6.45) is 1.68. The van der Waals surface area contributed by atoms with E-state index in [1.54, 1.807) is 0 Å². The number of ether oxygens (including phenoxy) is 1. The molecule has 0 bridgehead atoms. The Morgan fingerprint density at radius 3 is 2.65 bits per heavy atom. The second kappa shape index (κ2) is 5.38. The third-order valence-electron chi connectivity index (χ3n) is 1.92. The van der Waals surface area contributed by atoms with Crippen molar-refractivity contribution < 1.29 is 27.8 Å². The molecule has 17 heavy (non-hydrogen) atoms. The maximum Gasteiger partial charge on any atom is 0.387 e. The number of aryl methyl sites for hydroxylation is 1. The molecule has 0 spiro atoms. The molecule has 0 fully saturated rings. The molecule has 0 unspecified atom stereocenters. The molecule has 1 aromatic carbocycles. The first kappa shape index (κ1) is 13.1. The second-order valence-electron chi connectivity index (χ2n) is 3.19. The number of halogens is 3. The van der Waals surface area contributed by atoms with Crippen molar-refractivity contribution in [3.63, 3.8) is 0 Å². The van der Waals surface area contributed by atoms with E-state index in [1.807, 2.05) is 0 Å². The minimum absolute atomic E-state index is 0.131. The lowest BCUT2D eigenvalue weighted by atomic mass is 10.1. The number of hydrogen-bond acceptors (Lipinski definition) is 2. The lowest BCUT2D eigenvalue weighted by Crippen LogP contribution is -2.04. The quantitative estimate of drug-likeness (QED) is 0.831. The zero-order valence-electron chi connectivity index (χ0n) is 8.78. The van der Waals surface area contributed by atoms with Crippen molar-refractivity contribution in [2.45, 2.75) is 13.5 Å². The molecule has 0 aliphatic heterocycles. The minimum Gasteiger partial charge on any atom is -0.478 e. The molecule has 0 saturated heterocycles. The van der Waals surface area contributed by atoms with Crippen LogP contribution in [0.1, 0.15) is 11.1 Å². The molecular weight excluding hydrogens is 237 g/mol. The van der Waals surface area contributed by atoms with E-state index in [1.165, 1.54) is 6.92 Å². The summed E-state index contributed by atoms with van der Waals surface area (Å²) in [7, 11) is 0. The van der Waals surface area contributed by atoms with Crippen molar-refractivity contribution in [2.24, 2.45) is 0 Å². The topological polar surface area (TPSA) is 46.5 Å². The minimum atomic E-state index is -3.02. The van der Waals surface area contributed by atoms with Gasteiger partial charge in [0.25, 0.3) is 0 Å². The van der Waals surface area contributed by atoms with Crippen LogP contribution in [0, 0.1) is 12.7 Å². The first-order chi connectivity index (χ1) is 7.90. The van der Waals surface area contributed by atoms with Crippen LogP contribution in [-0.2, 0) is 4.79 Å². The second-order valence-corrected chi connectivity index (χ2v) is 3.19. The van der Waals surface area contributed by atoms with Crippen LogP contribution >= 0.6 is 0 Å². The summed E-state index contributed by atoms with van der Waals surface area (Å²) in [6, 6.07) is 2.02. The van der Waals surface area contributed by atoms with Crippen LogP contribution < -0.4 is 4.74 Å². The molecule has 3 nitrogen and oxygen atoms in total. The Kier molecular flexibility index (Phi) is 4.14. The van der Waals surface area contributed by atoms with E-state index in [2.05, 4.69) is 4.74 Å². The summed E-state index contributed by atoms with van der Waals surface area (Å²) in [4.78, 5) is 10.3. The number of benzene rings is 1. The molecule has 0 aromatic heterocycles. The van der Waals surface area contributed by atoms with E-state index in [-0.39, 0.29) is 16.9 Å². The average Bonchev–Trinajstić information content (AvgIpc) is 2.19. The summed E-state index contributed by atoms with van der Waals surface area (Å²) in [6.45, 7) is -1.61. The van der Waals surface area contributed by atoms with E-state index in [0.29, 0.717) is 6.08 Å². The lowest BCUT2D eigenvalue weighted by molar-refractivity contribution is -0.131. The number of carboxylic acids is 1. The van der Waals surface area contributed by atoms with Gasteiger partial charge in [-0.05, 0) is 30.7 Å². The van der Waals surface area contributed by atoms with Crippen LogP contribution in [-0.4, -0.2) is 17.7 Å². The molecule has 0 aliphatic carbocycles. The van der Waals surface area contributed by atoms with E-state index in [9.17, 15) is 18.0 Å². The van der Waals surface area contributed by atoms with Gasteiger partial charge in [-0.15, -0.1) is 0 Å². The van der Waals surface area contributed by atoms with Gasteiger partial charge in [0, 0.05) is 11.6 Å². The van der Waals surface area contributed by atoms with E-state index < -0.39 is 18.4 Å². The Hall–Kier alpha value is -1.98.